The Morgan fingerprint density at radius 1 is 1.29 bits per heavy atom. The van der Waals surface area contributed by atoms with Crippen LogP contribution in [-0.2, 0) is 0 Å². The zero-order valence-electron chi connectivity index (χ0n) is 12.0. The molecular formula is C17H18N4. The molecule has 4 heteroatoms. The third-order valence-electron chi connectivity index (χ3n) is 4.81. The average molecular weight is 278 g/mol. The molecule has 1 spiro atoms. The number of pyridine rings is 1. The third kappa shape index (κ3) is 2.05. The topological polar surface area (TPSA) is 52.0 Å². The van der Waals surface area contributed by atoms with Crippen molar-refractivity contribution in [1.29, 1.82) is 5.26 Å². The van der Waals surface area contributed by atoms with Crippen molar-refractivity contribution in [1.82, 2.24) is 10.3 Å². The standard InChI is InChI=1S/C17H18N4/c18-11-14-10-13-4-1-2-5-15(13)20-16(14)21-9-7-17(12-21)6-3-8-19-17/h1-2,4-5,10,19H,3,6-9,12H2. The van der Waals surface area contributed by atoms with Crippen molar-refractivity contribution < 1.29 is 0 Å². The van der Waals surface area contributed by atoms with E-state index in [0.717, 1.165) is 42.8 Å². The Morgan fingerprint density at radius 3 is 3.00 bits per heavy atom. The zero-order chi connectivity index (χ0) is 14.3. The van der Waals surface area contributed by atoms with Crippen LogP contribution in [0, 0.1) is 11.3 Å². The molecule has 0 saturated carbocycles. The predicted molar refractivity (Wildman–Crippen MR) is 83.3 cm³/mol. The van der Waals surface area contributed by atoms with E-state index in [4.69, 9.17) is 4.98 Å². The smallest absolute Gasteiger partial charge is 0.147 e. The van der Waals surface area contributed by atoms with Gasteiger partial charge < -0.3 is 10.2 Å². The van der Waals surface area contributed by atoms with Gasteiger partial charge in [-0.05, 0) is 37.9 Å². The van der Waals surface area contributed by atoms with Crippen molar-refractivity contribution >= 4 is 16.7 Å². The van der Waals surface area contributed by atoms with Crippen LogP contribution >= 0.6 is 0 Å². The van der Waals surface area contributed by atoms with Gasteiger partial charge in [0.1, 0.15) is 11.9 Å². The van der Waals surface area contributed by atoms with Gasteiger partial charge >= 0.3 is 0 Å². The summed E-state index contributed by atoms with van der Waals surface area (Å²) in [6.45, 7) is 3.06. The highest BCUT2D eigenvalue weighted by atomic mass is 15.3. The lowest BCUT2D eigenvalue weighted by Crippen LogP contribution is -2.42. The lowest BCUT2D eigenvalue weighted by atomic mass is 9.97. The third-order valence-corrected chi connectivity index (χ3v) is 4.81. The molecule has 2 aromatic rings. The summed E-state index contributed by atoms with van der Waals surface area (Å²) in [7, 11) is 0. The van der Waals surface area contributed by atoms with Crippen molar-refractivity contribution in [2.24, 2.45) is 0 Å². The number of para-hydroxylation sites is 1. The van der Waals surface area contributed by atoms with E-state index in [1.807, 2.05) is 30.3 Å². The van der Waals surface area contributed by atoms with Crippen LogP contribution in [0.2, 0.25) is 0 Å². The number of nitrogens with zero attached hydrogens (tertiary/aromatic N) is 3. The summed E-state index contributed by atoms with van der Waals surface area (Å²) in [6, 6.07) is 12.3. The fourth-order valence-corrected chi connectivity index (χ4v) is 3.70. The minimum absolute atomic E-state index is 0.250. The first kappa shape index (κ1) is 12.6. The van der Waals surface area contributed by atoms with E-state index >= 15 is 0 Å². The second-order valence-corrected chi connectivity index (χ2v) is 6.15. The molecule has 1 unspecified atom stereocenters. The number of hydrogen-bond acceptors (Lipinski definition) is 4. The number of nitrogens with one attached hydrogen (secondary N) is 1. The highest BCUT2D eigenvalue weighted by molar-refractivity contribution is 5.83. The number of rotatable bonds is 1. The molecule has 2 fully saturated rings. The van der Waals surface area contributed by atoms with Gasteiger partial charge in [-0.25, -0.2) is 4.98 Å². The van der Waals surface area contributed by atoms with Crippen LogP contribution in [0.25, 0.3) is 10.9 Å². The first-order valence-corrected chi connectivity index (χ1v) is 7.60. The van der Waals surface area contributed by atoms with Crippen molar-refractivity contribution in [2.75, 3.05) is 24.5 Å². The Kier molecular flexibility index (Phi) is 2.83. The largest absolute Gasteiger partial charge is 0.354 e. The van der Waals surface area contributed by atoms with E-state index in [0.29, 0.717) is 5.56 Å². The number of aromatic nitrogens is 1. The Bertz CT molecular complexity index is 725. The molecule has 3 heterocycles. The molecule has 2 aliphatic heterocycles. The monoisotopic (exact) mass is 278 g/mol. The second kappa shape index (κ2) is 4.71. The predicted octanol–water partition coefficient (Wildman–Crippen LogP) is 2.44. The Hall–Kier alpha value is -2.12. The SMILES string of the molecule is N#Cc1cc2ccccc2nc1N1CCC2(CCCN2)C1. The molecule has 2 aliphatic rings. The molecule has 1 aromatic carbocycles. The lowest BCUT2D eigenvalue weighted by molar-refractivity contribution is 0.418. The molecule has 1 atom stereocenters. The number of benzene rings is 1. The van der Waals surface area contributed by atoms with Gasteiger partial charge in [0.2, 0.25) is 0 Å². The number of fused-ring (bicyclic) bond motifs is 1. The summed E-state index contributed by atoms with van der Waals surface area (Å²) >= 11 is 0. The molecule has 2 saturated heterocycles. The van der Waals surface area contributed by atoms with E-state index in [-0.39, 0.29) is 5.54 Å². The number of hydrogen-bond donors (Lipinski definition) is 1. The van der Waals surface area contributed by atoms with Crippen LogP contribution in [-0.4, -0.2) is 30.2 Å². The number of nitriles is 1. The number of anilines is 1. The van der Waals surface area contributed by atoms with Crippen molar-refractivity contribution in [3.05, 3.63) is 35.9 Å². The highest BCUT2D eigenvalue weighted by Gasteiger charge is 2.40. The maximum atomic E-state index is 9.46. The van der Waals surface area contributed by atoms with Crippen molar-refractivity contribution in [3.63, 3.8) is 0 Å². The molecule has 21 heavy (non-hydrogen) atoms. The fraction of sp³-hybridized carbons (Fsp3) is 0.412. The van der Waals surface area contributed by atoms with Crippen LogP contribution in [0.4, 0.5) is 5.82 Å². The van der Waals surface area contributed by atoms with Gasteiger partial charge in [-0.2, -0.15) is 5.26 Å². The highest BCUT2D eigenvalue weighted by Crippen LogP contribution is 2.34. The van der Waals surface area contributed by atoms with Crippen LogP contribution in [0.15, 0.2) is 30.3 Å². The van der Waals surface area contributed by atoms with Gasteiger partial charge in [0.25, 0.3) is 0 Å². The van der Waals surface area contributed by atoms with E-state index in [9.17, 15) is 5.26 Å². The second-order valence-electron chi connectivity index (χ2n) is 6.15. The first-order valence-electron chi connectivity index (χ1n) is 7.60. The van der Waals surface area contributed by atoms with E-state index < -0.39 is 0 Å². The normalized spacial score (nSPS) is 24.8. The van der Waals surface area contributed by atoms with Gasteiger partial charge in [0.15, 0.2) is 0 Å². The fourth-order valence-electron chi connectivity index (χ4n) is 3.70. The van der Waals surface area contributed by atoms with Crippen LogP contribution < -0.4 is 10.2 Å². The molecule has 4 nitrogen and oxygen atoms in total. The van der Waals surface area contributed by atoms with Crippen molar-refractivity contribution in [3.8, 4) is 6.07 Å². The summed E-state index contributed by atoms with van der Waals surface area (Å²) in [5.41, 5.74) is 1.90. The molecular weight excluding hydrogens is 260 g/mol. The van der Waals surface area contributed by atoms with Crippen molar-refractivity contribution in [2.45, 2.75) is 24.8 Å². The minimum atomic E-state index is 0.250. The van der Waals surface area contributed by atoms with Crippen LogP contribution in [0.1, 0.15) is 24.8 Å². The summed E-state index contributed by atoms with van der Waals surface area (Å²) < 4.78 is 0. The zero-order valence-corrected chi connectivity index (χ0v) is 12.0. The van der Waals surface area contributed by atoms with E-state index in [1.54, 1.807) is 0 Å². The lowest BCUT2D eigenvalue weighted by Gasteiger charge is -2.25. The first-order chi connectivity index (χ1) is 10.3. The summed E-state index contributed by atoms with van der Waals surface area (Å²) in [4.78, 5) is 7.04. The minimum Gasteiger partial charge on any atom is -0.354 e. The van der Waals surface area contributed by atoms with Gasteiger partial charge in [0, 0.05) is 24.0 Å². The van der Waals surface area contributed by atoms with E-state index in [2.05, 4.69) is 16.3 Å². The Morgan fingerprint density at radius 2 is 2.19 bits per heavy atom. The van der Waals surface area contributed by atoms with Gasteiger partial charge in [-0.1, -0.05) is 18.2 Å². The molecule has 106 valence electrons. The van der Waals surface area contributed by atoms with Gasteiger partial charge in [-0.3, -0.25) is 0 Å². The van der Waals surface area contributed by atoms with Gasteiger partial charge in [-0.15, -0.1) is 0 Å². The van der Waals surface area contributed by atoms with Crippen LogP contribution in [0.3, 0.4) is 0 Å². The van der Waals surface area contributed by atoms with Crippen LogP contribution in [0.5, 0.6) is 0 Å². The summed E-state index contributed by atoms with van der Waals surface area (Å²) in [5.74, 6) is 0.849. The van der Waals surface area contributed by atoms with Gasteiger partial charge in [0.05, 0.1) is 11.1 Å². The summed E-state index contributed by atoms with van der Waals surface area (Å²) in [5, 5.41) is 14.1. The molecule has 0 radical (unpaired) electrons. The maximum absolute atomic E-state index is 9.46. The Balaban J connectivity index is 1.74. The summed E-state index contributed by atoms with van der Waals surface area (Å²) in [6.07, 6.45) is 3.63. The molecule has 0 bridgehead atoms. The maximum Gasteiger partial charge on any atom is 0.147 e. The molecule has 4 rings (SSSR count). The Labute approximate surface area is 124 Å². The van der Waals surface area contributed by atoms with E-state index in [1.165, 1.54) is 12.8 Å². The molecule has 1 N–H and O–H groups in total. The average Bonchev–Trinajstić information content (AvgIpc) is 3.16. The quantitative estimate of drug-likeness (QED) is 0.870. The molecule has 1 aromatic heterocycles. The molecule has 0 amide bonds. The molecule has 0 aliphatic carbocycles.